The molecule has 3 rings (SSSR count). The zero-order valence-electron chi connectivity index (χ0n) is 15.3. The van der Waals surface area contributed by atoms with Gasteiger partial charge in [-0.3, -0.25) is 14.7 Å². The number of hydrogen-bond acceptors (Lipinski definition) is 6. The monoisotopic (exact) mass is 428 g/mol. The minimum atomic E-state index is -3.98. The van der Waals surface area contributed by atoms with E-state index in [2.05, 4.69) is 9.88 Å². The van der Waals surface area contributed by atoms with Gasteiger partial charge < -0.3 is 9.72 Å². The minimum absolute atomic E-state index is 0.0348. The van der Waals surface area contributed by atoms with Crippen molar-refractivity contribution in [3.8, 4) is 5.75 Å². The molecule has 0 saturated carbocycles. The van der Waals surface area contributed by atoms with Crippen molar-refractivity contribution in [1.82, 2.24) is 19.2 Å². The maximum Gasteiger partial charge on any atom is 0.325 e. The first-order chi connectivity index (χ1) is 13.3. The van der Waals surface area contributed by atoms with E-state index in [0.717, 1.165) is 5.75 Å². The molecule has 1 aromatic carbocycles. The molecule has 0 radical (unpaired) electrons. The Hall–Kier alpha value is -2.14. The van der Waals surface area contributed by atoms with Crippen LogP contribution in [0.2, 0.25) is 5.02 Å². The van der Waals surface area contributed by atoms with Gasteiger partial charge in [0.15, 0.2) is 4.90 Å². The van der Waals surface area contributed by atoms with Crippen LogP contribution in [-0.2, 0) is 10.0 Å². The Labute approximate surface area is 166 Å². The third-order valence-corrected chi connectivity index (χ3v) is 6.80. The third kappa shape index (κ3) is 4.64. The van der Waals surface area contributed by atoms with Crippen LogP contribution in [0.4, 0.5) is 0 Å². The zero-order valence-corrected chi connectivity index (χ0v) is 16.8. The summed E-state index contributed by atoms with van der Waals surface area (Å²) in [4.78, 5) is 29.3. The summed E-state index contributed by atoms with van der Waals surface area (Å²) < 4.78 is 32.5. The molecule has 1 aliphatic heterocycles. The Kier molecular flexibility index (Phi) is 6.23. The Bertz CT molecular complexity index is 1040. The van der Waals surface area contributed by atoms with Crippen LogP contribution in [0.1, 0.15) is 5.69 Å². The number of aromatic amines is 2. The van der Waals surface area contributed by atoms with E-state index in [1.54, 1.807) is 24.3 Å². The summed E-state index contributed by atoms with van der Waals surface area (Å²) in [6, 6.07) is 7.08. The van der Waals surface area contributed by atoms with E-state index < -0.39 is 26.2 Å². The molecule has 9 nitrogen and oxygen atoms in total. The van der Waals surface area contributed by atoms with Gasteiger partial charge >= 0.3 is 5.69 Å². The summed E-state index contributed by atoms with van der Waals surface area (Å²) in [7, 11) is -3.98. The van der Waals surface area contributed by atoms with Gasteiger partial charge in [-0.15, -0.1) is 0 Å². The topological polar surface area (TPSA) is 116 Å². The standard InChI is InChI=1S/C17H21ClN4O5S/c1-12-15(16(23)20-17(24)19-12)28(25,26)22-8-6-21(7-9-22)10-11-27-14-4-2-13(18)3-5-14/h2-5H,6-11H2,1H3,(H2,19,20,23,24). The normalized spacial score (nSPS) is 16.2. The molecule has 2 heterocycles. The summed E-state index contributed by atoms with van der Waals surface area (Å²) >= 11 is 5.83. The number of hydrogen-bond donors (Lipinski definition) is 2. The Morgan fingerprint density at radius 1 is 1.07 bits per heavy atom. The number of halogens is 1. The summed E-state index contributed by atoms with van der Waals surface area (Å²) in [5.41, 5.74) is -1.60. The van der Waals surface area contributed by atoms with Crippen LogP contribution >= 0.6 is 11.6 Å². The maximum atomic E-state index is 12.8. The van der Waals surface area contributed by atoms with Gasteiger partial charge in [0.1, 0.15) is 12.4 Å². The van der Waals surface area contributed by atoms with E-state index in [-0.39, 0.29) is 18.8 Å². The van der Waals surface area contributed by atoms with Crippen LogP contribution in [0.3, 0.4) is 0 Å². The second-order valence-electron chi connectivity index (χ2n) is 6.41. The van der Waals surface area contributed by atoms with E-state index in [1.165, 1.54) is 11.2 Å². The highest BCUT2D eigenvalue weighted by Gasteiger charge is 2.32. The molecule has 0 aliphatic carbocycles. The van der Waals surface area contributed by atoms with Gasteiger partial charge in [0.05, 0.1) is 0 Å². The molecule has 1 fully saturated rings. The Balaban J connectivity index is 1.57. The predicted molar refractivity (Wildman–Crippen MR) is 105 cm³/mol. The first-order valence-corrected chi connectivity index (χ1v) is 10.5. The number of aromatic nitrogens is 2. The van der Waals surface area contributed by atoms with E-state index in [9.17, 15) is 18.0 Å². The third-order valence-electron chi connectivity index (χ3n) is 4.49. The molecule has 0 spiro atoms. The van der Waals surface area contributed by atoms with Gasteiger partial charge in [0.2, 0.25) is 10.0 Å². The van der Waals surface area contributed by atoms with Crippen LogP contribution in [-0.4, -0.2) is 66.9 Å². The lowest BCUT2D eigenvalue weighted by Crippen LogP contribution is -2.50. The van der Waals surface area contributed by atoms with Crippen molar-refractivity contribution in [2.75, 3.05) is 39.3 Å². The smallest absolute Gasteiger partial charge is 0.325 e. The van der Waals surface area contributed by atoms with Gasteiger partial charge in [-0.05, 0) is 31.2 Å². The molecule has 152 valence electrons. The molecule has 28 heavy (non-hydrogen) atoms. The number of rotatable bonds is 6. The molecule has 0 amide bonds. The van der Waals surface area contributed by atoms with Crippen molar-refractivity contribution in [1.29, 1.82) is 0 Å². The fourth-order valence-corrected chi connectivity index (χ4v) is 4.80. The van der Waals surface area contributed by atoms with Crippen LogP contribution in [0.15, 0.2) is 38.8 Å². The average molecular weight is 429 g/mol. The molecular formula is C17H21ClN4O5S. The zero-order chi connectivity index (χ0) is 20.3. The van der Waals surface area contributed by atoms with E-state index in [4.69, 9.17) is 16.3 Å². The highest BCUT2D eigenvalue weighted by molar-refractivity contribution is 7.89. The van der Waals surface area contributed by atoms with Gasteiger partial charge in [0, 0.05) is 43.4 Å². The number of nitrogens with one attached hydrogen (secondary N) is 2. The molecule has 1 aliphatic rings. The average Bonchev–Trinajstić information content (AvgIpc) is 2.63. The molecule has 0 bridgehead atoms. The second-order valence-corrected chi connectivity index (χ2v) is 8.72. The number of H-pyrrole nitrogens is 2. The molecule has 11 heteroatoms. The summed E-state index contributed by atoms with van der Waals surface area (Å²) in [6.07, 6.45) is 0. The van der Waals surface area contributed by atoms with E-state index in [0.29, 0.717) is 31.3 Å². The van der Waals surface area contributed by atoms with Gasteiger partial charge in [0.25, 0.3) is 5.56 Å². The van der Waals surface area contributed by atoms with Crippen LogP contribution in [0.5, 0.6) is 5.75 Å². The quantitative estimate of drug-likeness (QED) is 0.688. The number of benzene rings is 1. The van der Waals surface area contributed by atoms with E-state index >= 15 is 0 Å². The molecule has 0 unspecified atom stereocenters. The van der Waals surface area contributed by atoms with Crippen molar-refractivity contribution < 1.29 is 13.2 Å². The van der Waals surface area contributed by atoms with E-state index in [1.807, 2.05) is 4.98 Å². The molecule has 0 atom stereocenters. The minimum Gasteiger partial charge on any atom is -0.492 e. The fraction of sp³-hybridized carbons (Fsp3) is 0.412. The van der Waals surface area contributed by atoms with Gasteiger partial charge in [-0.1, -0.05) is 11.6 Å². The highest BCUT2D eigenvalue weighted by atomic mass is 35.5. The maximum absolute atomic E-state index is 12.8. The molecular weight excluding hydrogens is 408 g/mol. The van der Waals surface area contributed by atoms with Crippen LogP contribution in [0, 0.1) is 6.92 Å². The molecule has 2 N–H and O–H groups in total. The lowest BCUT2D eigenvalue weighted by molar-refractivity contribution is 0.159. The number of ether oxygens (including phenoxy) is 1. The number of sulfonamides is 1. The number of nitrogens with zero attached hydrogens (tertiary/aromatic N) is 2. The van der Waals surface area contributed by atoms with Gasteiger partial charge in [-0.25, -0.2) is 13.2 Å². The van der Waals surface area contributed by atoms with Crippen molar-refractivity contribution in [3.05, 3.63) is 55.8 Å². The number of piperazine rings is 1. The SMILES string of the molecule is Cc1[nH]c(=O)[nH]c(=O)c1S(=O)(=O)N1CCN(CCOc2ccc(Cl)cc2)CC1. The first kappa shape index (κ1) is 20.6. The largest absolute Gasteiger partial charge is 0.492 e. The van der Waals surface area contributed by atoms with Crippen molar-refractivity contribution in [2.45, 2.75) is 11.8 Å². The summed E-state index contributed by atoms with van der Waals surface area (Å²) in [5, 5.41) is 0.640. The highest BCUT2D eigenvalue weighted by Crippen LogP contribution is 2.17. The van der Waals surface area contributed by atoms with Crippen molar-refractivity contribution >= 4 is 21.6 Å². The molecule has 1 saturated heterocycles. The second kappa shape index (κ2) is 8.48. The summed E-state index contributed by atoms with van der Waals surface area (Å²) in [5.74, 6) is 0.721. The summed E-state index contributed by atoms with van der Waals surface area (Å²) in [6.45, 7) is 4.05. The first-order valence-electron chi connectivity index (χ1n) is 8.71. The Morgan fingerprint density at radius 3 is 2.32 bits per heavy atom. The van der Waals surface area contributed by atoms with Crippen LogP contribution in [0.25, 0.3) is 0 Å². The van der Waals surface area contributed by atoms with Crippen molar-refractivity contribution in [2.24, 2.45) is 0 Å². The fourth-order valence-electron chi connectivity index (χ4n) is 3.05. The molecule has 1 aromatic heterocycles. The van der Waals surface area contributed by atoms with Gasteiger partial charge in [-0.2, -0.15) is 4.31 Å². The van der Waals surface area contributed by atoms with Crippen LogP contribution < -0.4 is 16.0 Å². The number of aryl methyl sites for hydroxylation is 1. The van der Waals surface area contributed by atoms with Crippen molar-refractivity contribution in [3.63, 3.8) is 0 Å². The Morgan fingerprint density at radius 2 is 1.71 bits per heavy atom. The molecule has 2 aromatic rings. The predicted octanol–water partition coefficient (Wildman–Crippen LogP) is 0.410. The lowest BCUT2D eigenvalue weighted by atomic mass is 10.3. The lowest BCUT2D eigenvalue weighted by Gasteiger charge is -2.33.